The van der Waals surface area contributed by atoms with Crippen LogP contribution in [0.3, 0.4) is 0 Å². The number of aryl methyl sites for hydroxylation is 2. The first-order chi connectivity index (χ1) is 17.0. The van der Waals surface area contributed by atoms with Crippen LogP contribution in [0.5, 0.6) is 5.75 Å². The molecular formula is C34H48OSi. The highest BCUT2D eigenvalue weighted by atomic mass is 28.3. The molecule has 3 aliphatic carbocycles. The lowest BCUT2D eigenvalue weighted by atomic mass is 9.78. The van der Waals surface area contributed by atoms with E-state index in [1.54, 1.807) is 27.5 Å². The fraction of sp³-hybridized carbons (Fsp3) is 0.588. The largest absolute Gasteiger partial charge is 0.488 e. The Hall–Kier alpha value is -1.80. The first-order valence-corrected chi connectivity index (χ1v) is 17.2. The third-order valence-corrected chi connectivity index (χ3v) is 16.0. The monoisotopic (exact) mass is 500 g/mol. The van der Waals surface area contributed by atoms with Gasteiger partial charge >= 0.3 is 0 Å². The van der Waals surface area contributed by atoms with Crippen molar-refractivity contribution < 1.29 is 4.74 Å². The fourth-order valence-electron chi connectivity index (χ4n) is 8.43. The Kier molecular flexibility index (Phi) is 6.59. The minimum Gasteiger partial charge on any atom is -0.488 e. The Balaban J connectivity index is 1.71. The van der Waals surface area contributed by atoms with Crippen molar-refractivity contribution in [2.24, 2.45) is 11.8 Å². The van der Waals surface area contributed by atoms with E-state index >= 15 is 0 Å². The second kappa shape index (κ2) is 9.19. The molecule has 0 aliphatic heterocycles. The molecule has 4 atom stereocenters. The highest BCUT2D eigenvalue weighted by Gasteiger charge is 2.55. The number of allylic oxidation sites excluding steroid dienone is 2. The first-order valence-electron chi connectivity index (χ1n) is 14.7. The average Bonchev–Trinajstić information content (AvgIpc) is 3.38. The number of fused-ring (bicyclic) bond motifs is 2. The van der Waals surface area contributed by atoms with Crippen molar-refractivity contribution in [2.45, 2.75) is 117 Å². The summed E-state index contributed by atoms with van der Waals surface area (Å²) in [5, 5.41) is 1.62. The van der Waals surface area contributed by atoms with E-state index in [4.69, 9.17) is 4.74 Å². The van der Waals surface area contributed by atoms with E-state index in [1.165, 1.54) is 48.2 Å². The highest BCUT2D eigenvalue weighted by Crippen LogP contribution is 2.61. The van der Waals surface area contributed by atoms with Gasteiger partial charge in [0.2, 0.25) is 0 Å². The van der Waals surface area contributed by atoms with Gasteiger partial charge in [-0.25, -0.2) is 0 Å². The summed E-state index contributed by atoms with van der Waals surface area (Å²) < 4.78 is 6.95. The van der Waals surface area contributed by atoms with Crippen LogP contribution < -0.4 is 9.92 Å². The van der Waals surface area contributed by atoms with E-state index < -0.39 is 8.07 Å². The molecule has 3 aliphatic rings. The van der Waals surface area contributed by atoms with Crippen LogP contribution in [-0.4, -0.2) is 13.7 Å². The van der Waals surface area contributed by atoms with Crippen molar-refractivity contribution in [1.29, 1.82) is 0 Å². The molecule has 4 unspecified atom stereocenters. The van der Waals surface area contributed by atoms with Crippen LogP contribution in [0, 0.1) is 18.8 Å². The number of benzene rings is 2. The molecule has 0 heterocycles. The van der Waals surface area contributed by atoms with Gasteiger partial charge in [-0.2, -0.15) is 0 Å². The second-order valence-electron chi connectivity index (χ2n) is 13.5. The van der Waals surface area contributed by atoms with Crippen molar-refractivity contribution >= 4 is 18.8 Å². The lowest BCUT2D eigenvalue weighted by Gasteiger charge is -2.44. The molecule has 0 bridgehead atoms. The Bertz CT molecular complexity index is 1180. The zero-order chi connectivity index (χ0) is 26.0. The predicted octanol–water partition coefficient (Wildman–Crippen LogP) is 9.14. The molecule has 0 saturated heterocycles. The Morgan fingerprint density at radius 3 is 2.42 bits per heavy atom. The summed E-state index contributed by atoms with van der Waals surface area (Å²) in [6, 6.07) is 14.7. The van der Waals surface area contributed by atoms with Crippen LogP contribution in [0.25, 0.3) is 5.57 Å². The summed E-state index contributed by atoms with van der Waals surface area (Å²) in [6.45, 7) is 21.2. The van der Waals surface area contributed by atoms with Gasteiger partial charge in [0.05, 0.1) is 8.07 Å². The van der Waals surface area contributed by atoms with Gasteiger partial charge < -0.3 is 4.74 Å². The fourth-order valence-corrected chi connectivity index (χ4v) is 14.4. The molecule has 0 spiro atoms. The standard InChI is InChI=1S/C34H48OSi/c1-10-36(11-2,30-18-22(5)17-27(21(3)4)32(30)35-34(7,8)9)33-23(6)19-28-26-14-12-13-24-15-16-25(31(24)26)20-29(28)33/h12-14,17-18,20-21,23,28-29,33H,10-11,15-16,19H2,1-9H3. The van der Waals surface area contributed by atoms with E-state index in [-0.39, 0.29) is 5.60 Å². The highest BCUT2D eigenvalue weighted by molar-refractivity contribution is 6.93. The second-order valence-corrected chi connectivity index (χ2v) is 18.4. The van der Waals surface area contributed by atoms with Gasteiger partial charge in [0.25, 0.3) is 0 Å². The van der Waals surface area contributed by atoms with Crippen LogP contribution in [0.4, 0.5) is 0 Å². The average molecular weight is 501 g/mol. The molecule has 1 fully saturated rings. The topological polar surface area (TPSA) is 9.23 Å². The third kappa shape index (κ3) is 4.03. The lowest BCUT2D eigenvalue weighted by molar-refractivity contribution is 0.130. The molecule has 2 heteroatoms. The van der Waals surface area contributed by atoms with Crippen LogP contribution in [0.1, 0.15) is 108 Å². The summed E-state index contributed by atoms with van der Waals surface area (Å²) in [5.41, 5.74) is 9.95. The van der Waals surface area contributed by atoms with Crippen LogP contribution in [-0.2, 0) is 6.42 Å². The van der Waals surface area contributed by atoms with E-state index in [1.807, 2.05) is 0 Å². The van der Waals surface area contributed by atoms with E-state index in [0.29, 0.717) is 17.8 Å². The molecule has 2 aromatic carbocycles. The number of hydrogen-bond donors (Lipinski definition) is 0. The normalized spacial score (nSPS) is 25.1. The zero-order valence-electron chi connectivity index (χ0n) is 24.3. The number of rotatable bonds is 6. The summed E-state index contributed by atoms with van der Waals surface area (Å²) in [4.78, 5) is 0. The minimum atomic E-state index is -1.93. The zero-order valence-corrected chi connectivity index (χ0v) is 25.3. The Labute approximate surface area is 221 Å². The number of hydrogen-bond acceptors (Lipinski definition) is 1. The maximum atomic E-state index is 6.95. The lowest BCUT2D eigenvalue weighted by Crippen LogP contribution is -2.54. The van der Waals surface area contributed by atoms with Crippen molar-refractivity contribution in [3.8, 4) is 5.75 Å². The van der Waals surface area contributed by atoms with Crippen molar-refractivity contribution in [1.82, 2.24) is 0 Å². The molecule has 2 aromatic rings. The van der Waals surface area contributed by atoms with Gasteiger partial charge in [-0.1, -0.05) is 88.7 Å². The van der Waals surface area contributed by atoms with Crippen LogP contribution in [0.15, 0.2) is 36.4 Å². The predicted molar refractivity (Wildman–Crippen MR) is 159 cm³/mol. The van der Waals surface area contributed by atoms with Gasteiger partial charge in [0.1, 0.15) is 11.4 Å². The summed E-state index contributed by atoms with van der Waals surface area (Å²) >= 11 is 0. The molecule has 1 nitrogen and oxygen atoms in total. The van der Waals surface area contributed by atoms with E-state index in [9.17, 15) is 0 Å². The van der Waals surface area contributed by atoms with E-state index in [2.05, 4.69) is 98.7 Å². The number of ether oxygens (including phenoxy) is 1. The maximum Gasteiger partial charge on any atom is 0.122 e. The van der Waals surface area contributed by atoms with Gasteiger partial charge in [0, 0.05) is 0 Å². The quantitative estimate of drug-likeness (QED) is 0.359. The molecule has 0 amide bonds. The smallest absolute Gasteiger partial charge is 0.122 e. The summed E-state index contributed by atoms with van der Waals surface area (Å²) in [6.07, 6.45) is 6.60. The van der Waals surface area contributed by atoms with Gasteiger partial charge in [-0.15, -0.1) is 0 Å². The molecule has 5 rings (SSSR count). The molecule has 36 heavy (non-hydrogen) atoms. The first kappa shape index (κ1) is 25.8. The molecular weight excluding hydrogens is 452 g/mol. The third-order valence-electron chi connectivity index (χ3n) is 9.81. The van der Waals surface area contributed by atoms with Crippen LogP contribution >= 0.6 is 0 Å². The molecule has 194 valence electrons. The maximum absolute atomic E-state index is 6.95. The van der Waals surface area contributed by atoms with E-state index in [0.717, 1.165) is 11.5 Å². The van der Waals surface area contributed by atoms with Crippen molar-refractivity contribution in [3.63, 3.8) is 0 Å². The van der Waals surface area contributed by atoms with Crippen LogP contribution in [0.2, 0.25) is 17.6 Å². The summed E-state index contributed by atoms with van der Waals surface area (Å²) in [7, 11) is -1.93. The van der Waals surface area contributed by atoms with Gasteiger partial charge in [-0.05, 0) is 109 Å². The SMILES string of the molecule is CC[Si](CC)(c1cc(C)cc(C(C)C)c1OC(C)(C)C)C1C(C)CC2c3cccc4c3C(=CC21)CC4. The van der Waals surface area contributed by atoms with Gasteiger partial charge in [-0.3, -0.25) is 0 Å². The van der Waals surface area contributed by atoms with Crippen molar-refractivity contribution in [2.75, 3.05) is 0 Å². The van der Waals surface area contributed by atoms with Gasteiger partial charge in [0.15, 0.2) is 0 Å². The minimum absolute atomic E-state index is 0.203. The van der Waals surface area contributed by atoms with Crippen molar-refractivity contribution in [3.05, 3.63) is 64.2 Å². The molecule has 0 aromatic heterocycles. The molecule has 0 radical (unpaired) electrons. The Morgan fingerprint density at radius 1 is 1.06 bits per heavy atom. The summed E-state index contributed by atoms with van der Waals surface area (Å²) in [5.74, 6) is 3.79. The Morgan fingerprint density at radius 2 is 1.78 bits per heavy atom. The molecule has 1 saturated carbocycles. The molecule has 0 N–H and O–H groups in total.